The predicted octanol–water partition coefficient (Wildman–Crippen LogP) is 1.54. The third kappa shape index (κ3) is 2.59. The van der Waals surface area contributed by atoms with Gasteiger partial charge in [-0.05, 0) is 15.9 Å². The van der Waals surface area contributed by atoms with Crippen molar-refractivity contribution in [1.82, 2.24) is 15.2 Å². The normalized spacial score (nSPS) is 23.3. The van der Waals surface area contributed by atoms with Gasteiger partial charge in [0, 0.05) is 29.6 Å². The summed E-state index contributed by atoms with van der Waals surface area (Å²) in [5.74, 6) is 9.27. The van der Waals surface area contributed by atoms with E-state index >= 15 is 0 Å². The first kappa shape index (κ1) is 12.8. The Morgan fingerprint density at radius 2 is 2.50 bits per heavy atom. The largest absolute Gasteiger partial charge is 0.271 e. The van der Waals surface area contributed by atoms with Gasteiger partial charge in [0.05, 0.1) is 22.4 Å². The lowest BCUT2D eigenvalue weighted by Crippen LogP contribution is -2.39. The number of hydrogen-bond donors (Lipinski definition) is 2. The molecule has 1 aliphatic rings. The fraction of sp³-hybridized carbons (Fsp3) is 0.667. The van der Waals surface area contributed by atoms with Gasteiger partial charge in [0.1, 0.15) is 0 Å². The highest BCUT2D eigenvalue weighted by Crippen LogP contribution is 2.35. The molecule has 1 fully saturated rings. The van der Waals surface area contributed by atoms with Gasteiger partial charge in [-0.1, -0.05) is 0 Å². The molecule has 0 aliphatic carbocycles. The van der Waals surface area contributed by atoms with Crippen molar-refractivity contribution in [2.24, 2.45) is 12.9 Å². The number of hydrogen-bond acceptors (Lipinski definition) is 5. The summed E-state index contributed by atoms with van der Waals surface area (Å²) in [6.45, 7) is 0. The SMILES string of the molecule is Cn1ncc(Br)c1C(NN)C1CSCCS1. The van der Waals surface area contributed by atoms with Crippen molar-refractivity contribution in [1.29, 1.82) is 0 Å². The predicted molar refractivity (Wildman–Crippen MR) is 74.5 cm³/mol. The average molecular weight is 323 g/mol. The van der Waals surface area contributed by atoms with Crippen LogP contribution in [0.2, 0.25) is 0 Å². The number of nitrogens with zero attached hydrogens (tertiary/aromatic N) is 2. The first-order valence-corrected chi connectivity index (χ1v) is 8.06. The number of aryl methyl sites for hydroxylation is 1. The van der Waals surface area contributed by atoms with E-state index in [1.807, 2.05) is 41.5 Å². The topological polar surface area (TPSA) is 55.9 Å². The van der Waals surface area contributed by atoms with Gasteiger partial charge in [-0.15, -0.1) is 0 Å². The van der Waals surface area contributed by atoms with Crippen molar-refractivity contribution in [2.45, 2.75) is 11.3 Å². The maximum absolute atomic E-state index is 5.70. The van der Waals surface area contributed by atoms with Crippen LogP contribution in [0.25, 0.3) is 0 Å². The van der Waals surface area contributed by atoms with Crippen molar-refractivity contribution in [3.63, 3.8) is 0 Å². The highest BCUT2D eigenvalue weighted by molar-refractivity contribution is 9.10. The molecule has 1 saturated heterocycles. The smallest absolute Gasteiger partial charge is 0.0766 e. The monoisotopic (exact) mass is 322 g/mol. The Hall–Kier alpha value is 0.310. The second-order valence-electron chi connectivity index (χ2n) is 3.63. The molecule has 16 heavy (non-hydrogen) atoms. The van der Waals surface area contributed by atoms with E-state index in [1.54, 1.807) is 0 Å². The van der Waals surface area contributed by atoms with Gasteiger partial charge in [-0.2, -0.15) is 28.6 Å². The number of aromatic nitrogens is 2. The second-order valence-corrected chi connectivity index (χ2v) is 6.98. The Morgan fingerprint density at radius 3 is 3.00 bits per heavy atom. The molecule has 2 heterocycles. The van der Waals surface area contributed by atoms with E-state index in [9.17, 15) is 0 Å². The van der Waals surface area contributed by atoms with E-state index in [1.165, 1.54) is 11.5 Å². The summed E-state index contributed by atoms with van der Waals surface area (Å²) in [7, 11) is 1.95. The molecule has 90 valence electrons. The van der Waals surface area contributed by atoms with Crippen LogP contribution in [0.15, 0.2) is 10.7 Å². The van der Waals surface area contributed by atoms with Crippen LogP contribution < -0.4 is 11.3 Å². The van der Waals surface area contributed by atoms with Crippen LogP contribution in [0.1, 0.15) is 11.7 Å². The Kier molecular flexibility index (Phi) is 4.60. The van der Waals surface area contributed by atoms with Gasteiger partial charge in [-0.25, -0.2) is 0 Å². The third-order valence-electron chi connectivity index (χ3n) is 2.63. The lowest BCUT2D eigenvalue weighted by molar-refractivity contribution is 0.508. The Labute approximate surface area is 112 Å². The van der Waals surface area contributed by atoms with E-state index in [2.05, 4.69) is 26.5 Å². The van der Waals surface area contributed by atoms with Gasteiger partial charge >= 0.3 is 0 Å². The van der Waals surface area contributed by atoms with E-state index in [0.717, 1.165) is 15.9 Å². The summed E-state index contributed by atoms with van der Waals surface area (Å²) in [5, 5.41) is 4.75. The summed E-state index contributed by atoms with van der Waals surface area (Å²) in [6.07, 6.45) is 1.82. The molecule has 1 aromatic rings. The molecule has 1 aliphatic heterocycles. The van der Waals surface area contributed by atoms with Crippen LogP contribution in [0.4, 0.5) is 0 Å². The number of rotatable bonds is 3. The maximum Gasteiger partial charge on any atom is 0.0766 e. The molecule has 4 nitrogen and oxygen atoms in total. The lowest BCUT2D eigenvalue weighted by atomic mass is 10.1. The number of nitrogens with two attached hydrogens (primary N) is 1. The molecule has 2 rings (SSSR count). The molecule has 0 bridgehead atoms. The lowest BCUT2D eigenvalue weighted by Gasteiger charge is -2.29. The van der Waals surface area contributed by atoms with E-state index in [0.29, 0.717) is 5.25 Å². The number of halogens is 1. The van der Waals surface area contributed by atoms with Crippen LogP contribution in [0.5, 0.6) is 0 Å². The fourth-order valence-electron chi connectivity index (χ4n) is 1.83. The summed E-state index contributed by atoms with van der Waals surface area (Å²) in [5.41, 5.74) is 4.06. The van der Waals surface area contributed by atoms with Gasteiger partial charge in [0.2, 0.25) is 0 Å². The molecule has 7 heteroatoms. The first-order valence-electron chi connectivity index (χ1n) is 5.07. The summed E-state index contributed by atoms with van der Waals surface area (Å²) >= 11 is 7.51. The van der Waals surface area contributed by atoms with Crippen molar-refractivity contribution in [3.8, 4) is 0 Å². The molecule has 2 atom stereocenters. The Bertz CT molecular complexity index is 332. The maximum atomic E-state index is 5.70. The third-order valence-corrected chi connectivity index (χ3v) is 6.10. The molecule has 2 unspecified atom stereocenters. The number of nitrogens with one attached hydrogen (secondary N) is 1. The van der Waals surface area contributed by atoms with Gasteiger partial charge in [0.15, 0.2) is 0 Å². The van der Waals surface area contributed by atoms with E-state index in [-0.39, 0.29) is 6.04 Å². The minimum Gasteiger partial charge on any atom is -0.271 e. The zero-order chi connectivity index (χ0) is 11.5. The first-order chi connectivity index (χ1) is 7.74. The van der Waals surface area contributed by atoms with Crippen molar-refractivity contribution >= 4 is 39.5 Å². The molecule has 0 amide bonds. The molecule has 0 aromatic carbocycles. The molecule has 3 N–H and O–H groups in total. The van der Waals surface area contributed by atoms with Crippen molar-refractivity contribution < 1.29 is 0 Å². The molecular formula is C9H15BrN4S2. The van der Waals surface area contributed by atoms with E-state index < -0.39 is 0 Å². The summed E-state index contributed by atoms with van der Waals surface area (Å²) in [6, 6.07) is 0.152. The van der Waals surface area contributed by atoms with Crippen molar-refractivity contribution in [2.75, 3.05) is 17.3 Å². The minimum atomic E-state index is 0.152. The van der Waals surface area contributed by atoms with Crippen LogP contribution in [0.3, 0.4) is 0 Å². The van der Waals surface area contributed by atoms with Gasteiger partial charge in [-0.3, -0.25) is 16.0 Å². The number of thioether (sulfide) groups is 2. The second kappa shape index (κ2) is 5.77. The van der Waals surface area contributed by atoms with Gasteiger partial charge in [0.25, 0.3) is 0 Å². The molecule has 0 spiro atoms. The standard InChI is InChI=1S/C9H15BrN4S2/c1-14-9(6(10)4-12-14)8(13-11)7-5-15-2-3-16-7/h4,7-8,13H,2-3,5,11H2,1H3. The molecule has 0 saturated carbocycles. The number of hydrazine groups is 1. The quantitative estimate of drug-likeness (QED) is 0.653. The van der Waals surface area contributed by atoms with Crippen LogP contribution in [-0.2, 0) is 7.05 Å². The minimum absolute atomic E-state index is 0.152. The summed E-state index contributed by atoms with van der Waals surface area (Å²) < 4.78 is 2.91. The summed E-state index contributed by atoms with van der Waals surface area (Å²) in [4.78, 5) is 0. The Balaban J connectivity index is 2.21. The van der Waals surface area contributed by atoms with Crippen LogP contribution >= 0.6 is 39.5 Å². The van der Waals surface area contributed by atoms with Crippen LogP contribution in [-0.4, -0.2) is 32.3 Å². The molecule has 0 radical (unpaired) electrons. The molecule has 1 aromatic heterocycles. The Morgan fingerprint density at radius 1 is 1.69 bits per heavy atom. The zero-order valence-electron chi connectivity index (χ0n) is 9.02. The highest BCUT2D eigenvalue weighted by atomic mass is 79.9. The van der Waals surface area contributed by atoms with Gasteiger partial charge < -0.3 is 0 Å². The molecular weight excluding hydrogens is 308 g/mol. The fourth-order valence-corrected chi connectivity index (χ4v) is 5.25. The van der Waals surface area contributed by atoms with Crippen molar-refractivity contribution in [3.05, 3.63) is 16.4 Å². The zero-order valence-corrected chi connectivity index (χ0v) is 12.2. The highest BCUT2D eigenvalue weighted by Gasteiger charge is 2.28. The average Bonchev–Trinajstić information content (AvgIpc) is 2.63. The van der Waals surface area contributed by atoms with Crippen LogP contribution in [0, 0.1) is 0 Å². The van der Waals surface area contributed by atoms with E-state index in [4.69, 9.17) is 5.84 Å².